The molecule has 144 valence electrons. The SMILES string of the molecule is CN(C)Cc1ccc(CNC(=O)Nc2ccnc(Sc3ccccn3)c2)cc1. The highest BCUT2D eigenvalue weighted by molar-refractivity contribution is 7.99. The second-order valence-corrected chi connectivity index (χ2v) is 7.56. The van der Waals surface area contributed by atoms with Crippen LogP contribution in [0.1, 0.15) is 11.1 Å². The van der Waals surface area contributed by atoms with Crippen molar-refractivity contribution < 1.29 is 4.79 Å². The average Bonchev–Trinajstić information content (AvgIpc) is 2.68. The van der Waals surface area contributed by atoms with Crippen molar-refractivity contribution in [3.05, 3.63) is 78.1 Å². The summed E-state index contributed by atoms with van der Waals surface area (Å²) in [7, 11) is 4.08. The number of carbonyl (C=O) groups excluding carboxylic acids is 1. The molecule has 28 heavy (non-hydrogen) atoms. The van der Waals surface area contributed by atoms with Crippen LogP contribution in [-0.2, 0) is 13.1 Å². The first-order valence-corrected chi connectivity index (χ1v) is 9.72. The fourth-order valence-corrected chi connectivity index (χ4v) is 3.32. The molecule has 3 aromatic rings. The van der Waals surface area contributed by atoms with E-state index < -0.39 is 0 Å². The van der Waals surface area contributed by atoms with Gasteiger partial charge in [-0.1, -0.05) is 42.1 Å². The van der Waals surface area contributed by atoms with Gasteiger partial charge >= 0.3 is 6.03 Å². The number of benzene rings is 1. The van der Waals surface area contributed by atoms with Gasteiger partial charge in [0.25, 0.3) is 0 Å². The lowest BCUT2D eigenvalue weighted by molar-refractivity contribution is 0.251. The summed E-state index contributed by atoms with van der Waals surface area (Å²) in [4.78, 5) is 22.9. The smallest absolute Gasteiger partial charge is 0.319 e. The first kappa shape index (κ1) is 19.9. The van der Waals surface area contributed by atoms with E-state index in [0.717, 1.165) is 22.2 Å². The van der Waals surface area contributed by atoms with E-state index in [9.17, 15) is 4.79 Å². The van der Waals surface area contributed by atoms with Gasteiger partial charge in [0.1, 0.15) is 10.1 Å². The number of nitrogens with one attached hydrogen (secondary N) is 2. The Morgan fingerprint density at radius 2 is 1.71 bits per heavy atom. The molecule has 2 amide bonds. The summed E-state index contributed by atoms with van der Waals surface area (Å²) in [5.74, 6) is 0. The van der Waals surface area contributed by atoms with E-state index in [-0.39, 0.29) is 6.03 Å². The first-order chi connectivity index (χ1) is 13.6. The summed E-state index contributed by atoms with van der Waals surface area (Å²) in [6, 6.07) is 17.3. The van der Waals surface area contributed by atoms with Gasteiger partial charge in [-0.3, -0.25) is 0 Å². The molecule has 3 rings (SSSR count). The molecular formula is C21H23N5OS. The molecule has 2 heterocycles. The van der Waals surface area contributed by atoms with Gasteiger partial charge in [0, 0.05) is 31.2 Å². The molecule has 0 saturated heterocycles. The second kappa shape index (κ2) is 9.87. The standard InChI is InChI=1S/C21H23N5OS/c1-26(2)15-17-8-6-16(7-9-17)14-24-21(27)25-18-10-12-23-20(13-18)28-19-5-3-4-11-22-19/h3-13H,14-15H2,1-2H3,(H2,23,24,25,27). The van der Waals surface area contributed by atoms with Crippen molar-refractivity contribution in [2.45, 2.75) is 23.1 Å². The van der Waals surface area contributed by atoms with E-state index in [1.807, 2.05) is 50.5 Å². The molecule has 0 saturated carbocycles. The Morgan fingerprint density at radius 3 is 2.43 bits per heavy atom. The van der Waals surface area contributed by atoms with Crippen molar-refractivity contribution in [3.8, 4) is 0 Å². The Kier molecular flexibility index (Phi) is 7.00. The van der Waals surface area contributed by atoms with E-state index in [4.69, 9.17) is 0 Å². The number of urea groups is 1. The number of anilines is 1. The quantitative estimate of drug-likeness (QED) is 0.635. The van der Waals surface area contributed by atoms with Gasteiger partial charge in [-0.15, -0.1) is 0 Å². The van der Waals surface area contributed by atoms with E-state index >= 15 is 0 Å². The molecule has 0 aliphatic rings. The maximum Gasteiger partial charge on any atom is 0.319 e. The first-order valence-electron chi connectivity index (χ1n) is 8.91. The predicted molar refractivity (Wildman–Crippen MR) is 112 cm³/mol. The second-order valence-electron chi connectivity index (χ2n) is 6.51. The molecule has 7 heteroatoms. The number of pyridine rings is 2. The minimum absolute atomic E-state index is 0.252. The monoisotopic (exact) mass is 393 g/mol. The molecule has 0 radical (unpaired) electrons. The fraction of sp³-hybridized carbons (Fsp3) is 0.190. The van der Waals surface area contributed by atoms with Crippen LogP contribution in [0, 0.1) is 0 Å². The summed E-state index contributed by atoms with van der Waals surface area (Å²) >= 11 is 1.45. The predicted octanol–water partition coefficient (Wildman–Crippen LogP) is 4.01. The Labute approximate surface area is 169 Å². The van der Waals surface area contributed by atoms with Crippen LogP contribution in [-0.4, -0.2) is 35.0 Å². The van der Waals surface area contributed by atoms with Crippen molar-refractivity contribution in [1.29, 1.82) is 0 Å². The summed E-state index contributed by atoms with van der Waals surface area (Å²) in [6.45, 7) is 1.36. The Hall–Kier alpha value is -2.90. The van der Waals surface area contributed by atoms with Crippen molar-refractivity contribution in [2.24, 2.45) is 0 Å². The van der Waals surface area contributed by atoms with Crippen LogP contribution in [0.2, 0.25) is 0 Å². The van der Waals surface area contributed by atoms with E-state index in [1.165, 1.54) is 17.3 Å². The third-order valence-electron chi connectivity index (χ3n) is 3.81. The zero-order valence-corrected chi connectivity index (χ0v) is 16.7. The molecule has 2 N–H and O–H groups in total. The maximum atomic E-state index is 12.2. The average molecular weight is 394 g/mol. The molecule has 0 unspecified atom stereocenters. The lowest BCUT2D eigenvalue weighted by atomic mass is 10.1. The largest absolute Gasteiger partial charge is 0.334 e. The fourth-order valence-electron chi connectivity index (χ4n) is 2.54. The van der Waals surface area contributed by atoms with Crippen LogP contribution in [0.4, 0.5) is 10.5 Å². The number of rotatable bonds is 7. The minimum atomic E-state index is -0.252. The van der Waals surface area contributed by atoms with Crippen molar-refractivity contribution in [3.63, 3.8) is 0 Å². The van der Waals surface area contributed by atoms with Crippen molar-refractivity contribution >= 4 is 23.5 Å². The highest BCUT2D eigenvalue weighted by Gasteiger charge is 2.05. The topological polar surface area (TPSA) is 70.2 Å². The number of aromatic nitrogens is 2. The van der Waals surface area contributed by atoms with Gasteiger partial charge in [0.05, 0.1) is 0 Å². The number of hydrogen-bond acceptors (Lipinski definition) is 5. The third kappa shape index (κ3) is 6.37. The molecule has 6 nitrogen and oxygen atoms in total. The van der Waals surface area contributed by atoms with Gasteiger partial charge in [-0.05, 0) is 49.5 Å². The lowest BCUT2D eigenvalue weighted by Gasteiger charge is -2.11. The summed E-state index contributed by atoms with van der Waals surface area (Å²) < 4.78 is 0. The zero-order chi connectivity index (χ0) is 19.8. The van der Waals surface area contributed by atoms with Gasteiger partial charge in [0.15, 0.2) is 0 Å². The highest BCUT2D eigenvalue weighted by Crippen LogP contribution is 2.25. The molecule has 0 aliphatic heterocycles. The molecule has 0 atom stereocenters. The lowest BCUT2D eigenvalue weighted by Crippen LogP contribution is -2.28. The molecule has 0 spiro atoms. The Balaban J connectivity index is 1.51. The number of carbonyl (C=O) groups is 1. The molecule has 1 aromatic carbocycles. The molecule has 2 aromatic heterocycles. The van der Waals surface area contributed by atoms with E-state index in [0.29, 0.717) is 12.2 Å². The number of hydrogen-bond donors (Lipinski definition) is 2. The van der Waals surface area contributed by atoms with Crippen LogP contribution in [0.25, 0.3) is 0 Å². The van der Waals surface area contributed by atoms with Crippen LogP contribution in [0.15, 0.2) is 77.0 Å². The third-order valence-corrected chi connectivity index (χ3v) is 4.70. The summed E-state index contributed by atoms with van der Waals surface area (Å²) in [6.07, 6.45) is 3.41. The normalized spacial score (nSPS) is 10.7. The van der Waals surface area contributed by atoms with Crippen molar-refractivity contribution in [2.75, 3.05) is 19.4 Å². The van der Waals surface area contributed by atoms with Crippen LogP contribution in [0.3, 0.4) is 0 Å². The zero-order valence-electron chi connectivity index (χ0n) is 15.9. The number of nitrogens with zero attached hydrogens (tertiary/aromatic N) is 3. The van der Waals surface area contributed by atoms with Gasteiger partial charge in [-0.2, -0.15) is 0 Å². The molecule has 0 aliphatic carbocycles. The van der Waals surface area contributed by atoms with Gasteiger partial charge < -0.3 is 15.5 Å². The number of amides is 2. The Morgan fingerprint density at radius 1 is 0.964 bits per heavy atom. The minimum Gasteiger partial charge on any atom is -0.334 e. The Bertz CT molecular complexity index is 900. The summed E-state index contributed by atoms with van der Waals surface area (Å²) in [5, 5.41) is 7.35. The van der Waals surface area contributed by atoms with Gasteiger partial charge in [0.2, 0.25) is 0 Å². The molecular weight excluding hydrogens is 370 g/mol. The van der Waals surface area contributed by atoms with Crippen LogP contribution < -0.4 is 10.6 Å². The van der Waals surface area contributed by atoms with Gasteiger partial charge in [-0.25, -0.2) is 14.8 Å². The van der Waals surface area contributed by atoms with Crippen molar-refractivity contribution in [1.82, 2.24) is 20.2 Å². The highest BCUT2D eigenvalue weighted by atomic mass is 32.2. The molecule has 0 bridgehead atoms. The molecule has 0 fully saturated rings. The maximum absolute atomic E-state index is 12.2. The van der Waals surface area contributed by atoms with Crippen LogP contribution >= 0.6 is 11.8 Å². The van der Waals surface area contributed by atoms with Crippen LogP contribution in [0.5, 0.6) is 0 Å². The van der Waals surface area contributed by atoms with E-state index in [1.54, 1.807) is 18.5 Å². The summed E-state index contributed by atoms with van der Waals surface area (Å²) in [5.41, 5.74) is 2.99. The van der Waals surface area contributed by atoms with E-state index in [2.05, 4.69) is 37.6 Å².